The molecular weight excluding hydrogens is 853 g/mol. The zero-order chi connectivity index (χ0) is 50.0. The van der Waals surface area contributed by atoms with Crippen molar-refractivity contribution >= 4 is 17.9 Å². The first-order valence-corrected chi connectivity index (χ1v) is 29.4. The molecule has 69 heavy (non-hydrogen) atoms. The summed E-state index contributed by atoms with van der Waals surface area (Å²) in [6, 6.07) is 0. The Labute approximate surface area is 427 Å². The molecule has 0 unspecified atom stereocenters. The first-order chi connectivity index (χ1) is 34.0. The highest BCUT2D eigenvalue weighted by molar-refractivity contribution is 5.71. The lowest BCUT2D eigenvalue weighted by Crippen LogP contribution is -2.30. The topological polar surface area (TPSA) is 78.9 Å². The van der Waals surface area contributed by atoms with Gasteiger partial charge in [0.1, 0.15) is 13.2 Å². The maximum absolute atomic E-state index is 12.8. The van der Waals surface area contributed by atoms with Gasteiger partial charge in [-0.15, -0.1) is 0 Å². The van der Waals surface area contributed by atoms with Crippen LogP contribution in [0, 0.1) is 0 Å². The fourth-order valence-electron chi connectivity index (χ4n) is 8.25. The van der Waals surface area contributed by atoms with Crippen molar-refractivity contribution in [2.75, 3.05) is 13.2 Å². The molecule has 398 valence electrons. The zero-order valence-electron chi connectivity index (χ0n) is 45.6. The predicted octanol–water partition coefficient (Wildman–Crippen LogP) is 19.8. The molecule has 0 aromatic heterocycles. The van der Waals surface area contributed by atoms with E-state index in [4.69, 9.17) is 14.2 Å². The highest BCUT2D eigenvalue weighted by atomic mass is 16.6. The summed E-state index contributed by atoms with van der Waals surface area (Å²) < 4.78 is 16.8. The van der Waals surface area contributed by atoms with Crippen molar-refractivity contribution in [1.82, 2.24) is 0 Å². The van der Waals surface area contributed by atoms with Crippen LogP contribution in [-0.2, 0) is 28.6 Å². The Bertz CT molecular complexity index is 1290. The standard InChI is InChI=1S/C63H110O6/c1-4-7-10-13-16-19-22-25-28-30-31-33-36-38-41-44-47-50-53-56-62(65)68-59-60(69-63(66)57-54-51-48-45-42-39-34-27-24-21-18-15-12-9-6-3)58-67-61(64)55-52-49-46-43-40-37-35-32-29-26-23-20-17-14-11-8-5-2/h9,12,18,21,25-29,34,42,45,60H,4-8,10-11,13-17,19-20,22-24,30-33,35-41,43-44,46-59H2,1-3H3/b12-9-,21-18-,28-25-,29-26-,34-27-,45-42-/t60-/m0/s1. The summed E-state index contributed by atoms with van der Waals surface area (Å²) in [5.41, 5.74) is 0. The van der Waals surface area contributed by atoms with Gasteiger partial charge in [0.2, 0.25) is 0 Å². The second-order valence-electron chi connectivity index (χ2n) is 19.5. The van der Waals surface area contributed by atoms with Gasteiger partial charge < -0.3 is 14.2 Å². The van der Waals surface area contributed by atoms with E-state index in [1.54, 1.807) is 0 Å². The summed E-state index contributed by atoms with van der Waals surface area (Å²) in [5, 5.41) is 0. The van der Waals surface area contributed by atoms with Crippen LogP contribution in [0.25, 0.3) is 0 Å². The van der Waals surface area contributed by atoms with Gasteiger partial charge in [-0.25, -0.2) is 0 Å². The minimum atomic E-state index is -0.800. The van der Waals surface area contributed by atoms with Gasteiger partial charge in [-0.05, 0) is 109 Å². The number of rotatable bonds is 53. The molecule has 0 aromatic carbocycles. The number of unbranched alkanes of at least 4 members (excludes halogenated alkanes) is 30. The van der Waals surface area contributed by atoms with E-state index in [-0.39, 0.29) is 37.5 Å². The Hall–Kier alpha value is -3.15. The fourth-order valence-corrected chi connectivity index (χ4v) is 8.25. The first-order valence-electron chi connectivity index (χ1n) is 29.4. The van der Waals surface area contributed by atoms with Crippen molar-refractivity contribution in [3.05, 3.63) is 72.9 Å². The van der Waals surface area contributed by atoms with Crippen LogP contribution in [0.3, 0.4) is 0 Å². The lowest BCUT2D eigenvalue weighted by molar-refractivity contribution is -0.167. The highest BCUT2D eigenvalue weighted by Crippen LogP contribution is 2.15. The molecule has 0 N–H and O–H groups in total. The number of ether oxygens (including phenoxy) is 3. The summed E-state index contributed by atoms with van der Waals surface area (Å²) in [6.45, 7) is 6.50. The Kier molecular flexibility index (Phi) is 54.8. The molecule has 0 amide bonds. The normalized spacial score (nSPS) is 12.6. The van der Waals surface area contributed by atoms with Gasteiger partial charge in [0.05, 0.1) is 0 Å². The van der Waals surface area contributed by atoms with Crippen LogP contribution < -0.4 is 0 Å². The molecule has 6 nitrogen and oxygen atoms in total. The Morgan fingerprint density at radius 1 is 0.304 bits per heavy atom. The second kappa shape index (κ2) is 57.4. The molecule has 0 spiro atoms. The Morgan fingerprint density at radius 2 is 0.565 bits per heavy atom. The fraction of sp³-hybridized carbons (Fsp3) is 0.762. The monoisotopic (exact) mass is 963 g/mol. The maximum Gasteiger partial charge on any atom is 0.306 e. The van der Waals surface area contributed by atoms with Crippen molar-refractivity contribution in [3.63, 3.8) is 0 Å². The quantitative estimate of drug-likeness (QED) is 0.0262. The van der Waals surface area contributed by atoms with E-state index in [0.717, 1.165) is 77.0 Å². The van der Waals surface area contributed by atoms with Crippen molar-refractivity contribution in [2.45, 2.75) is 297 Å². The van der Waals surface area contributed by atoms with E-state index in [1.165, 1.54) is 167 Å². The largest absolute Gasteiger partial charge is 0.462 e. The zero-order valence-corrected chi connectivity index (χ0v) is 45.6. The van der Waals surface area contributed by atoms with Gasteiger partial charge in [0.25, 0.3) is 0 Å². The number of hydrogen-bond acceptors (Lipinski definition) is 6. The first kappa shape index (κ1) is 65.8. The summed E-state index contributed by atoms with van der Waals surface area (Å²) >= 11 is 0. The van der Waals surface area contributed by atoms with Crippen molar-refractivity contribution in [3.8, 4) is 0 Å². The van der Waals surface area contributed by atoms with E-state index in [0.29, 0.717) is 19.3 Å². The number of hydrogen-bond donors (Lipinski definition) is 0. The summed E-state index contributed by atoms with van der Waals surface area (Å²) in [5.74, 6) is -0.933. The molecule has 0 bridgehead atoms. The average Bonchev–Trinajstić information content (AvgIpc) is 3.35. The van der Waals surface area contributed by atoms with E-state index < -0.39 is 6.10 Å². The minimum Gasteiger partial charge on any atom is -0.462 e. The highest BCUT2D eigenvalue weighted by Gasteiger charge is 2.19. The molecule has 0 aliphatic rings. The van der Waals surface area contributed by atoms with E-state index in [2.05, 4.69) is 93.7 Å². The number of carbonyl (C=O) groups excluding carboxylic acids is 3. The molecule has 0 fully saturated rings. The van der Waals surface area contributed by atoms with Gasteiger partial charge in [-0.2, -0.15) is 0 Å². The molecule has 0 saturated heterocycles. The third-order valence-electron chi connectivity index (χ3n) is 12.7. The van der Waals surface area contributed by atoms with Crippen LogP contribution in [0.15, 0.2) is 72.9 Å². The third kappa shape index (κ3) is 55.6. The van der Waals surface area contributed by atoms with Crippen LogP contribution in [0.4, 0.5) is 0 Å². The number of esters is 3. The molecule has 6 heteroatoms. The van der Waals surface area contributed by atoms with Gasteiger partial charge in [-0.1, -0.05) is 235 Å². The molecule has 0 radical (unpaired) electrons. The molecule has 1 atom stereocenters. The van der Waals surface area contributed by atoms with Crippen LogP contribution in [0.1, 0.15) is 290 Å². The smallest absolute Gasteiger partial charge is 0.306 e. The van der Waals surface area contributed by atoms with Gasteiger partial charge in [0, 0.05) is 19.3 Å². The molecule has 0 aromatic rings. The summed E-state index contributed by atoms with van der Waals surface area (Å²) in [7, 11) is 0. The van der Waals surface area contributed by atoms with Crippen LogP contribution >= 0.6 is 0 Å². The summed E-state index contributed by atoms with van der Waals surface area (Å²) in [6.07, 6.45) is 73.2. The molecule has 0 rings (SSSR count). The Morgan fingerprint density at radius 3 is 0.928 bits per heavy atom. The van der Waals surface area contributed by atoms with E-state index in [9.17, 15) is 14.4 Å². The lowest BCUT2D eigenvalue weighted by Gasteiger charge is -2.18. The molecule has 0 saturated carbocycles. The van der Waals surface area contributed by atoms with Gasteiger partial charge >= 0.3 is 17.9 Å². The van der Waals surface area contributed by atoms with Gasteiger partial charge in [-0.3, -0.25) is 14.4 Å². The molecule has 0 heterocycles. The van der Waals surface area contributed by atoms with E-state index >= 15 is 0 Å². The molecule has 0 aliphatic heterocycles. The van der Waals surface area contributed by atoms with Gasteiger partial charge in [0.15, 0.2) is 6.10 Å². The average molecular weight is 964 g/mol. The number of allylic oxidation sites excluding steroid dienone is 12. The van der Waals surface area contributed by atoms with Crippen LogP contribution in [-0.4, -0.2) is 37.2 Å². The molecular formula is C63H110O6. The van der Waals surface area contributed by atoms with Crippen LogP contribution in [0.5, 0.6) is 0 Å². The van der Waals surface area contributed by atoms with Crippen molar-refractivity contribution < 1.29 is 28.6 Å². The second-order valence-corrected chi connectivity index (χ2v) is 19.5. The SMILES string of the molecule is CC/C=C\C/C=C\C/C=C\C/C=C\CCCCC(=O)O[C@@H](COC(=O)CCCCCCCCC/C=C\CCCCCCCC)COC(=O)CCCCCCCCCCC/C=C\CCCCCCCC. The van der Waals surface area contributed by atoms with E-state index in [1.807, 2.05) is 0 Å². The third-order valence-corrected chi connectivity index (χ3v) is 12.7. The van der Waals surface area contributed by atoms with Crippen LogP contribution in [0.2, 0.25) is 0 Å². The maximum atomic E-state index is 12.8. The number of carbonyl (C=O) groups is 3. The van der Waals surface area contributed by atoms with Crippen molar-refractivity contribution in [1.29, 1.82) is 0 Å². The van der Waals surface area contributed by atoms with Crippen molar-refractivity contribution in [2.24, 2.45) is 0 Å². The molecule has 0 aliphatic carbocycles. The minimum absolute atomic E-state index is 0.0936. The summed E-state index contributed by atoms with van der Waals surface area (Å²) in [4.78, 5) is 38.2. The Balaban J connectivity index is 4.41. The predicted molar refractivity (Wildman–Crippen MR) is 298 cm³/mol. The lowest BCUT2D eigenvalue weighted by atomic mass is 10.1.